The second-order valence-corrected chi connectivity index (χ2v) is 9.91. The molecule has 0 fully saturated rings. The number of nitrogens with one attached hydrogen (secondary N) is 1. The van der Waals surface area contributed by atoms with Gasteiger partial charge in [-0.2, -0.15) is 0 Å². The van der Waals surface area contributed by atoms with Crippen LogP contribution in [0.3, 0.4) is 0 Å². The molecule has 1 atom stereocenters. The zero-order valence-electron chi connectivity index (χ0n) is 21.5. The lowest BCUT2D eigenvalue weighted by Crippen LogP contribution is -2.35. The highest BCUT2D eigenvalue weighted by Crippen LogP contribution is 2.36. The Kier molecular flexibility index (Phi) is 6.57. The zero-order chi connectivity index (χ0) is 26.9. The van der Waals surface area contributed by atoms with Crippen molar-refractivity contribution in [2.75, 3.05) is 6.79 Å². The molecular weight excluding hydrogens is 503 g/mol. The van der Waals surface area contributed by atoms with E-state index in [1.54, 1.807) is 29.1 Å². The van der Waals surface area contributed by atoms with E-state index < -0.39 is 0 Å². The number of hydrogen-bond acceptors (Lipinski definition) is 8. The van der Waals surface area contributed by atoms with Crippen LogP contribution in [0.15, 0.2) is 70.1 Å². The van der Waals surface area contributed by atoms with Crippen molar-refractivity contribution in [3.05, 3.63) is 99.7 Å². The Morgan fingerprint density at radius 1 is 1.08 bits per heavy atom. The second kappa shape index (κ2) is 10.3. The maximum atomic E-state index is 13.5. The van der Waals surface area contributed by atoms with Gasteiger partial charge in [-0.3, -0.25) is 9.69 Å². The largest absolute Gasteiger partial charge is 0.468 e. The molecule has 0 radical (unpaired) electrons. The summed E-state index contributed by atoms with van der Waals surface area (Å²) in [5.74, 6) is 2.42. The van der Waals surface area contributed by atoms with Crippen molar-refractivity contribution in [3.8, 4) is 11.5 Å². The van der Waals surface area contributed by atoms with Crippen LogP contribution >= 0.6 is 0 Å². The van der Waals surface area contributed by atoms with Gasteiger partial charge >= 0.3 is 0 Å². The standard InChI is InChI=1S/C28H27FN6O4/c1-17(2)26(27-31-32-33-35(27)13-18-5-7-21(29)8-6-18)34(15-22-4-3-9-37-22)14-20-10-19-11-24-25(39-16-38-24)12-23(19)30-28(20)36/h3-12,17,26H,13-16H2,1-2H3,(H,30,36)/t26-/m1/s1. The fourth-order valence-corrected chi connectivity index (χ4v) is 5.01. The van der Waals surface area contributed by atoms with Crippen LogP contribution < -0.4 is 15.0 Å². The number of rotatable bonds is 9. The lowest BCUT2D eigenvalue weighted by molar-refractivity contribution is 0.116. The molecule has 5 aromatic rings. The molecule has 39 heavy (non-hydrogen) atoms. The molecule has 6 rings (SSSR count). The number of hydrogen-bond donors (Lipinski definition) is 1. The van der Waals surface area contributed by atoms with E-state index in [4.69, 9.17) is 13.9 Å². The predicted octanol–water partition coefficient (Wildman–Crippen LogP) is 4.42. The van der Waals surface area contributed by atoms with E-state index in [0.29, 0.717) is 48.0 Å². The summed E-state index contributed by atoms with van der Waals surface area (Å²) in [6, 6.07) is 15.3. The van der Waals surface area contributed by atoms with Crippen LogP contribution in [0.2, 0.25) is 0 Å². The molecule has 2 aromatic carbocycles. The van der Waals surface area contributed by atoms with Crippen molar-refractivity contribution < 1.29 is 18.3 Å². The molecule has 4 heterocycles. The van der Waals surface area contributed by atoms with Gasteiger partial charge in [0.15, 0.2) is 17.3 Å². The number of aromatic nitrogens is 5. The molecule has 0 saturated carbocycles. The molecule has 0 amide bonds. The van der Waals surface area contributed by atoms with Gasteiger partial charge in [0.05, 0.1) is 30.9 Å². The molecule has 1 aliphatic heterocycles. The Morgan fingerprint density at radius 2 is 1.87 bits per heavy atom. The number of nitrogens with zero attached hydrogens (tertiary/aromatic N) is 5. The molecule has 0 unspecified atom stereocenters. The van der Waals surface area contributed by atoms with Gasteiger partial charge in [0.1, 0.15) is 11.6 Å². The Labute approximate surface area is 223 Å². The summed E-state index contributed by atoms with van der Waals surface area (Å²) in [7, 11) is 0. The van der Waals surface area contributed by atoms with Gasteiger partial charge in [-0.05, 0) is 58.3 Å². The molecule has 0 bridgehead atoms. The second-order valence-electron chi connectivity index (χ2n) is 9.91. The molecular formula is C28H27FN6O4. The minimum Gasteiger partial charge on any atom is -0.468 e. The van der Waals surface area contributed by atoms with Crippen molar-refractivity contribution >= 4 is 10.9 Å². The maximum Gasteiger partial charge on any atom is 0.252 e. The first-order valence-electron chi connectivity index (χ1n) is 12.7. The average Bonchev–Trinajstić information content (AvgIpc) is 3.68. The highest BCUT2D eigenvalue weighted by atomic mass is 19.1. The van der Waals surface area contributed by atoms with Crippen LogP contribution in [0.1, 0.15) is 42.6 Å². The van der Waals surface area contributed by atoms with Crippen molar-refractivity contribution in [1.29, 1.82) is 0 Å². The number of furan rings is 1. The molecule has 11 heteroatoms. The van der Waals surface area contributed by atoms with E-state index >= 15 is 0 Å². The van der Waals surface area contributed by atoms with Gasteiger partial charge in [-0.15, -0.1) is 5.10 Å². The predicted molar refractivity (Wildman–Crippen MR) is 140 cm³/mol. The molecule has 0 saturated heterocycles. The van der Waals surface area contributed by atoms with E-state index in [1.807, 2.05) is 24.3 Å². The van der Waals surface area contributed by atoms with Gasteiger partial charge < -0.3 is 18.9 Å². The number of H-pyrrole nitrogens is 1. The Bertz CT molecular complexity index is 1650. The normalized spacial score (nSPS) is 13.6. The highest BCUT2D eigenvalue weighted by molar-refractivity contribution is 5.83. The fraction of sp³-hybridized carbons (Fsp3) is 0.286. The highest BCUT2D eigenvalue weighted by Gasteiger charge is 2.31. The zero-order valence-corrected chi connectivity index (χ0v) is 21.5. The number of fused-ring (bicyclic) bond motifs is 2. The van der Waals surface area contributed by atoms with E-state index in [1.165, 1.54) is 12.1 Å². The first-order valence-corrected chi connectivity index (χ1v) is 12.7. The summed E-state index contributed by atoms with van der Waals surface area (Å²) in [6.07, 6.45) is 1.63. The molecule has 200 valence electrons. The Morgan fingerprint density at radius 3 is 2.62 bits per heavy atom. The van der Waals surface area contributed by atoms with Crippen LogP contribution in [-0.4, -0.2) is 36.9 Å². The Hall–Kier alpha value is -4.51. The molecule has 0 spiro atoms. The number of pyridine rings is 1. The number of aromatic amines is 1. The number of benzene rings is 2. The van der Waals surface area contributed by atoms with Crippen molar-refractivity contribution in [2.24, 2.45) is 5.92 Å². The molecule has 10 nitrogen and oxygen atoms in total. The number of ether oxygens (including phenoxy) is 2. The monoisotopic (exact) mass is 530 g/mol. The SMILES string of the molecule is CC(C)[C@H](c1nnnn1Cc1ccc(F)cc1)N(Cc1ccco1)Cc1cc2cc3c(cc2[nH]c1=O)OCO3. The van der Waals surface area contributed by atoms with E-state index in [0.717, 1.165) is 16.7 Å². The number of tetrazole rings is 1. The summed E-state index contributed by atoms with van der Waals surface area (Å²) < 4.78 is 31.9. The third kappa shape index (κ3) is 5.13. The van der Waals surface area contributed by atoms with Crippen molar-refractivity contribution in [1.82, 2.24) is 30.1 Å². The molecule has 0 aliphatic carbocycles. The van der Waals surface area contributed by atoms with Crippen molar-refractivity contribution in [2.45, 2.75) is 39.5 Å². The van der Waals surface area contributed by atoms with Crippen LogP contribution in [-0.2, 0) is 19.6 Å². The van der Waals surface area contributed by atoms with Crippen LogP contribution in [0.5, 0.6) is 11.5 Å². The van der Waals surface area contributed by atoms with Gasteiger partial charge in [0, 0.05) is 23.6 Å². The third-order valence-electron chi connectivity index (χ3n) is 6.82. The van der Waals surface area contributed by atoms with Crippen LogP contribution in [0.25, 0.3) is 10.9 Å². The lowest BCUT2D eigenvalue weighted by Gasteiger charge is -2.33. The molecule has 1 aliphatic rings. The van der Waals surface area contributed by atoms with Gasteiger partial charge in [-0.25, -0.2) is 9.07 Å². The summed E-state index contributed by atoms with van der Waals surface area (Å²) in [5, 5.41) is 13.4. The van der Waals surface area contributed by atoms with Gasteiger partial charge in [0.25, 0.3) is 5.56 Å². The summed E-state index contributed by atoms with van der Waals surface area (Å²) in [6.45, 7) is 5.45. The lowest BCUT2D eigenvalue weighted by atomic mass is 10.00. The maximum absolute atomic E-state index is 13.5. The van der Waals surface area contributed by atoms with Crippen LogP contribution in [0.4, 0.5) is 4.39 Å². The van der Waals surface area contributed by atoms with Crippen LogP contribution in [0, 0.1) is 11.7 Å². The quantitative estimate of drug-likeness (QED) is 0.298. The van der Waals surface area contributed by atoms with E-state index in [2.05, 4.69) is 39.3 Å². The molecule has 1 N–H and O–H groups in total. The minimum absolute atomic E-state index is 0.0753. The minimum atomic E-state index is -0.301. The summed E-state index contributed by atoms with van der Waals surface area (Å²) in [5.41, 5.74) is 1.93. The third-order valence-corrected chi connectivity index (χ3v) is 6.82. The first-order chi connectivity index (χ1) is 18.9. The summed E-state index contributed by atoms with van der Waals surface area (Å²) >= 11 is 0. The number of halogens is 1. The topological polar surface area (TPSA) is 111 Å². The van der Waals surface area contributed by atoms with E-state index in [9.17, 15) is 9.18 Å². The summed E-state index contributed by atoms with van der Waals surface area (Å²) in [4.78, 5) is 18.4. The smallest absolute Gasteiger partial charge is 0.252 e. The van der Waals surface area contributed by atoms with E-state index in [-0.39, 0.29) is 30.1 Å². The fourth-order valence-electron chi connectivity index (χ4n) is 5.01. The first kappa shape index (κ1) is 24.8. The average molecular weight is 531 g/mol. The van der Waals surface area contributed by atoms with Gasteiger partial charge in [-0.1, -0.05) is 26.0 Å². The van der Waals surface area contributed by atoms with Crippen molar-refractivity contribution in [3.63, 3.8) is 0 Å². The van der Waals surface area contributed by atoms with Gasteiger partial charge in [0.2, 0.25) is 6.79 Å². The molecule has 3 aromatic heterocycles. The Balaban J connectivity index is 1.37.